The van der Waals surface area contributed by atoms with Crippen molar-refractivity contribution in [3.63, 3.8) is 0 Å². The minimum absolute atomic E-state index is 0.0312. The molecule has 0 saturated carbocycles. The normalized spacial score (nSPS) is 23.7. The molecule has 0 spiro atoms. The van der Waals surface area contributed by atoms with Crippen LogP contribution in [0.2, 0.25) is 0 Å². The largest absolute Gasteiger partial charge is 0.456 e. The van der Waals surface area contributed by atoms with E-state index in [1.54, 1.807) is 0 Å². The Balaban J connectivity index is 1.53. The fourth-order valence-corrected chi connectivity index (χ4v) is 3.82. The maximum atomic E-state index is 12.7. The van der Waals surface area contributed by atoms with Crippen LogP contribution in [0.25, 0.3) is 0 Å². The van der Waals surface area contributed by atoms with Gasteiger partial charge < -0.3 is 20.0 Å². The highest BCUT2D eigenvalue weighted by Gasteiger charge is 2.28. The van der Waals surface area contributed by atoms with E-state index in [2.05, 4.69) is 10.6 Å². The van der Waals surface area contributed by atoms with Crippen LogP contribution in [0.15, 0.2) is 10.5 Å². The molecule has 3 rings (SSSR count). The number of carbonyl (C=O) groups is 2. The number of hydrogen-bond donors (Lipinski definition) is 2. The van der Waals surface area contributed by atoms with Crippen molar-refractivity contribution in [3.05, 3.63) is 23.2 Å². The van der Waals surface area contributed by atoms with Crippen LogP contribution in [-0.2, 0) is 11.2 Å². The van der Waals surface area contributed by atoms with E-state index in [1.165, 1.54) is 0 Å². The van der Waals surface area contributed by atoms with Gasteiger partial charge in [-0.05, 0) is 56.7 Å². The zero-order valence-corrected chi connectivity index (χ0v) is 15.3. The third-order valence-electron chi connectivity index (χ3n) is 5.30. The summed E-state index contributed by atoms with van der Waals surface area (Å²) in [4.78, 5) is 26.7. The van der Waals surface area contributed by atoms with Crippen LogP contribution < -0.4 is 10.6 Å². The molecule has 2 aliphatic rings. The third kappa shape index (κ3) is 4.24. The molecule has 0 radical (unpaired) electrons. The Bertz CT molecular complexity index is 619. The number of carbonyl (C=O) groups excluding carboxylic acids is 2. The van der Waals surface area contributed by atoms with Crippen molar-refractivity contribution in [2.24, 2.45) is 5.92 Å². The van der Waals surface area contributed by atoms with Crippen LogP contribution in [0.4, 0.5) is 0 Å². The van der Waals surface area contributed by atoms with Gasteiger partial charge in [0, 0.05) is 26.1 Å². The molecule has 2 fully saturated rings. The molecular weight excluding hydrogens is 318 g/mol. The predicted octanol–water partition coefficient (Wildman–Crippen LogP) is 1.87. The fraction of sp³-hybridized carbons (Fsp3) is 0.684. The highest BCUT2D eigenvalue weighted by atomic mass is 16.4. The minimum Gasteiger partial charge on any atom is -0.456 e. The summed E-state index contributed by atoms with van der Waals surface area (Å²) in [5.74, 6) is 1.69. The molecule has 2 aliphatic heterocycles. The highest BCUT2D eigenvalue weighted by Crippen LogP contribution is 2.21. The molecule has 0 bridgehead atoms. The van der Waals surface area contributed by atoms with Crippen LogP contribution in [0, 0.1) is 12.8 Å². The molecule has 138 valence electrons. The third-order valence-corrected chi connectivity index (χ3v) is 5.30. The van der Waals surface area contributed by atoms with Crippen molar-refractivity contribution < 1.29 is 14.0 Å². The summed E-state index contributed by atoms with van der Waals surface area (Å²) in [6.45, 7) is 7.00. The molecule has 0 aromatic carbocycles. The molecule has 0 unspecified atom stereocenters. The molecule has 6 heteroatoms. The van der Waals surface area contributed by atoms with Gasteiger partial charge in [0.25, 0.3) is 5.91 Å². The Kier molecular flexibility index (Phi) is 5.78. The van der Waals surface area contributed by atoms with E-state index < -0.39 is 0 Å². The van der Waals surface area contributed by atoms with Gasteiger partial charge >= 0.3 is 0 Å². The Labute approximate surface area is 149 Å². The summed E-state index contributed by atoms with van der Waals surface area (Å²) in [7, 11) is 0. The number of piperidine rings is 1. The van der Waals surface area contributed by atoms with Crippen molar-refractivity contribution in [1.82, 2.24) is 15.5 Å². The predicted molar refractivity (Wildman–Crippen MR) is 95.5 cm³/mol. The topological polar surface area (TPSA) is 74.6 Å². The second-order valence-corrected chi connectivity index (χ2v) is 7.22. The molecular formula is C19H29N3O3. The monoisotopic (exact) mass is 347 g/mol. The SMILES string of the molecule is CCc1oc(C(=O)N2CCC[C@@H](CNC(=O)[C@@H]3CCCN3)C2)cc1C. The van der Waals surface area contributed by atoms with Crippen LogP contribution in [0.1, 0.15) is 54.5 Å². The van der Waals surface area contributed by atoms with Crippen molar-refractivity contribution in [2.75, 3.05) is 26.2 Å². The van der Waals surface area contributed by atoms with Gasteiger partial charge in [-0.1, -0.05) is 6.92 Å². The van der Waals surface area contributed by atoms with Crippen molar-refractivity contribution in [1.29, 1.82) is 0 Å². The van der Waals surface area contributed by atoms with E-state index in [9.17, 15) is 9.59 Å². The molecule has 1 aromatic rings. The Morgan fingerprint density at radius 1 is 1.36 bits per heavy atom. The number of hydrogen-bond acceptors (Lipinski definition) is 4. The number of furan rings is 1. The first-order chi connectivity index (χ1) is 12.1. The van der Waals surface area contributed by atoms with Crippen molar-refractivity contribution in [3.8, 4) is 0 Å². The van der Waals surface area contributed by atoms with Crippen LogP contribution >= 0.6 is 0 Å². The number of nitrogens with zero attached hydrogens (tertiary/aromatic N) is 1. The molecule has 3 heterocycles. The number of rotatable bonds is 5. The van der Waals surface area contributed by atoms with Gasteiger partial charge in [0.1, 0.15) is 5.76 Å². The lowest BCUT2D eigenvalue weighted by Crippen LogP contribution is -2.46. The summed E-state index contributed by atoms with van der Waals surface area (Å²) in [5.41, 5.74) is 1.04. The smallest absolute Gasteiger partial charge is 0.289 e. The van der Waals surface area contributed by atoms with Crippen molar-refractivity contribution >= 4 is 11.8 Å². The molecule has 2 amide bonds. The van der Waals surface area contributed by atoms with E-state index in [4.69, 9.17) is 4.42 Å². The standard InChI is InChI=1S/C19H29N3O3/c1-3-16-13(2)10-17(25-16)19(24)22-9-5-6-14(12-22)11-21-18(23)15-7-4-8-20-15/h10,14-15,20H,3-9,11-12H2,1-2H3,(H,21,23)/t14-,15-/m0/s1. The summed E-state index contributed by atoms with van der Waals surface area (Å²) in [6.07, 6.45) is 4.78. The summed E-state index contributed by atoms with van der Waals surface area (Å²) in [5, 5.41) is 6.27. The van der Waals surface area contributed by atoms with E-state index in [-0.39, 0.29) is 17.9 Å². The molecule has 6 nitrogen and oxygen atoms in total. The van der Waals surface area contributed by atoms with Gasteiger partial charge in [-0.3, -0.25) is 9.59 Å². The zero-order chi connectivity index (χ0) is 17.8. The van der Waals surface area contributed by atoms with Crippen molar-refractivity contribution in [2.45, 2.75) is 52.0 Å². The summed E-state index contributed by atoms with van der Waals surface area (Å²) < 4.78 is 5.71. The molecule has 1 aromatic heterocycles. The van der Waals surface area contributed by atoms with E-state index in [1.807, 2.05) is 24.8 Å². The summed E-state index contributed by atoms with van der Waals surface area (Å²) >= 11 is 0. The number of amides is 2. The first-order valence-electron chi connectivity index (χ1n) is 9.48. The molecule has 2 N–H and O–H groups in total. The Morgan fingerprint density at radius 3 is 2.88 bits per heavy atom. The first kappa shape index (κ1) is 18.0. The van der Waals surface area contributed by atoms with Crippen LogP contribution in [-0.4, -0.2) is 48.9 Å². The number of nitrogens with one attached hydrogen (secondary N) is 2. The maximum Gasteiger partial charge on any atom is 0.289 e. The highest BCUT2D eigenvalue weighted by molar-refractivity contribution is 5.92. The lowest BCUT2D eigenvalue weighted by molar-refractivity contribution is -0.123. The van der Waals surface area contributed by atoms with E-state index >= 15 is 0 Å². The minimum atomic E-state index is -0.0418. The second-order valence-electron chi connectivity index (χ2n) is 7.22. The molecule has 2 atom stereocenters. The van der Waals surface area contributed by atoms with E-state index in [0.717, 1.165) is 56.5 Å². The number of aryl methyl sites for hydroxylation is 2. The lowest BCUT2D eigenvalue weighted by Gasteiger charge is -2.32. The van der Waals surface area contributed by atoms with Gasteiger partial charge in [0.15, 0.2) is 5.76 Å². The first-order valence-corrected chi connectivity index (χ1v) is 9.48. The van der Waals surface area contributed by atoms with Gasteiger partial charge in [-0.15, -0.1) is 0 Å². The van der Waals surface area contributed by atoms with Gasteiger partial charge in [0.2, 0.25) is 5.91 Å². The fourth-order valence-electron chi connectivity index (χ4n) is 3.82. The molecule has 0 aliphatic carbocycles. The molecule has 2 saturated heterocycles. The summed E-state index contributed by atoms with van der Waals surface area (Å²) in [6, 6.07) is 1.80. The zero-order valence-electron chi connectivity index (χ0n) is 15.3. The average Bonchev–Trinajstić information content (AvgIpc) is 3.29. The van der Waals surface area contributed by atoms with Gasteiger partial charge in [-0.25, -0.2) is 0 Å². The second kappa shape index (κ2) is 8.04. The molecule has 25 heavy (non-hydrogen) atoms. The van der Waals surface area contributed by atoms with Crippen LogP contribution in [0.3, 0.4) is 0 Å². The maximum absolute atomic E-state index is 12.7. The number of likely N-dealkylation sites (tertiary alicyclic amines) is 1. The van der Waals surface area contributed by atoms with Gasteiger partial charge in [-0.2, -0.15) is 0 Å². The quantitative estimate of drug-likeness (QED) is 0.853. The average molecular weight is 347 g/mol. The Hall–Kier alpha value is -1.82. The van der Waals surface area contributed by atoms with E-state index in [0.29, 0.717) is 24.8 Å². The van der Waals surface area contributed by atoms with Crippen LogP contribution in [0.5, 0.6) is 0 Å². The van der Waals surface area contributed by atoms with Gasteiger partial charge in [0.05, 0.1) is 6.04 Å². The Morgan fingerprint density at radius 2 is 2.20 bits per heavy atom. The lowest BCUT2D eigenvalue weighted by atomic mass is 9.97.